The van der Waals surface area contributed by atoms with E-state index in [9.17, 15) is 9.18 Å². The average Bonchev–Trinajstić information content (AvgIpc) is 3.06. The quantitative estimate of drug-likeness (QED) is 0.575. The van der Waals surface area contributed by atoms with Gasteiger partial charge in [0.15, 0.2) is 0 Å². The van der Waals surface area contributed by atoms with Crippen molar-refractivity contribution in [1.29, 1.82) is 0 Å². The number of hydrogen-bond donors (Lipinski definition) is 1. The number of rotatable bonds is 7. The van der Waals surface area contributed by atoms with Gasteiger partial charge >= 0.3 is 6.09 Å². The first kappa shape index (κ1) is 15.1. The zero-order valence-corrected chi connectivity index (χ0v) is 11.7. The monoisotopic (exact) mass is 282 g/mol. The van der Waals surface area contributed by atoms with Crippen LogP contribution in [0.25, 0.3) is 0 Å². The number of amides is 1. The van der Waals surface area contributed by atoms with Crippen LogP contribution in [-0.4, -0.2) is 39.1 Å². The van der Waals surface area contributed by atoms with Gasteiger partial charge in [-0.3, -0.25) is 0 Å². The third kappa shape index (κ3) is 4.68. The van der Waals surface area contributed by atoms with E-state index in [1.54, 1.807) is 0 Å². The van der Waals surface area contributed by atoms with E-state index in [-0.39, 0.29) is 6.61 Å². The molecule has 0 radical (unpaired) electrons. The number of alkyl carbamates (subject to hydrolysis) is 1. The molecule has 0 aromatic heterocycles. The highest BCUT2D eigenvalue weighted by atomic mass is 18.2. The van der Waals surface area contributed by atoms with Crippen LogP contribution < -0.4 is 5.32 Å². The highest BCUT2D eigenvalue weighted by Gasteiger charge is 2.49. The molecule has 0 aromatic carbocycles. The van der Waals surface area contributed by atoms with Crippen molar-refractivity contribution in [3.63, 3.8) is 0 Å². The smallest absolute Gasteiger partial charge is 0.407 e. The molecule has 0 bridgehead atoms. The Morgan fingerprint density at radius 2 is 1.90 bits per heavy atom. The lowest BCUT2D eigenvalue weighted by molar-refractivity contribution is 0.110. The number of nitrogens with one attached hydrogen (secondary N) is 1. The Morgan fingerprint density at radius 1 is 1.20 bits per heavy atom. The fraction of sp³-hybridized carbons (Fsp3) is 0.800. The van der Waals surface area contributed by atoms with E-state index in [4.69, 9.17) is 9.47 Å². The summed E-state index contributed by atoms with van der Waals surface area (Å²) in [7, 11) is 0. The minimum atomic E-state index is -0.501. The van der Waals surface area contributed by atoms with Crippen LogP contribution in [0.1, 0.15) is 25.7 Å². The van der Waals surface area contributed by atoms with Gasteiger partial charge < -0.3 is 14.8 Å². The van der Waals surface area contributed by atoms with E-state index >= 15 is 0 Å². The van der Waals surface area contributed by atoms with E-state index in [1.165, 1.54) is 0 Å². The summed E-state index contributed by atoms with van der Waals surface area (Å²) in [5.41, 5.74) is 0. The topological polar surface area (TPSA) is 47.6 Å². The van der Waals surface area contributed by atoms with Crippen LogP contribution in [0, 0.1) is 29.6 Å². The van der Waals surface area contributed by atoms with Gasteiger partial charge in [0.2, 0.25) is 0 Å². The van der Waals surface area contributed by atoms with Crippen molar-refractivity contribution in [2.45, 2.75) is 25.7 Å². The first-order chi connectivity index (χ1) is 9.83. The minimum Gasteiger partial charge on any atom is -0.449 e. The summed E-state index contributed by atoms with van der Waals surface area (Å²) in [4.78, 5) is 11.5. The van der Waals surface area contributed by atoms with Gasteiger partial charge in [0.05, 0.1) is 19.8 Å². The minimum absolute atomic E-state index is 0.0736. The Labute approximate surface area is 119 Å². The first-order valence-corrected chi connectivity index (χ1v) is 7.33. The maximum Gasteiger partial charge on any atom is 0.407 e. The molecule has 4 nitrogen and oxygen atoms in total. The number of halogens is 1. The fourth-order valence-electron chi connectivity index (χ4n) is 2.89. The molecule has 112 valence electrons. The Hall–Kier alpha value is -1.28. The number of fused-ring (bicyclic) bond motifs is 1. The zero-order valence-electron chi connectivity index (χ0n) is 11.7. The second-order valence-electron chi connectivity index (χ2n) is 5.25. The molecule has 1 unspecified atom stereocenters. The molecule has 0 saturated heterocycles. The first-order valence-electron chi connectivity index (χ1n) is 7.33. The molecule has 1 amide bonds. The third-order valence-corrected chi connectivity index (χ3v) is 3.98. The number of carbonyl (C=O) groups is 1. The molecule has 2 aliphatic carbocycles. The Balaban J connectivity index is 1.54. The molecule has 0 spiro atoms. The zero-order chi connectivity index (χ0) is 14.2. The highest BCUT2D eigenvalue weighted by Crippen LogP contribution is 2.52. The lowest BCUT2D eigenvalue weighted by Crippen LogP contribution is -2.28. The lowest BCUT2D eigenvalue weighted by atomic mass is 10.1. The average molecular weight is 282 g/mol. The number of alkyl halides is 1. The molecule has 1 saturated carbocycles. The van der Waals surface area contributed by atoms with E-state index in [2.05, 4.69) is 17.2 Å². The van der Waals surface area contributed by atoms with Crippen molar-refractivity contribution >= 4 is 6.09 Å². The summed E-state index contributed by atoms with van der Waals surface area (Å²) in [6, 6.07) is 0. The molecule has 3 atom stereocenters. The highest BCUT2D eigenvalue weighted by molar-refractivity contribution is 5.67. The molecule has 0 aromatic rings. The van der Waals surface area contributed by atoms with Crippen LogP contribution in [0.3, 0.4) is 0 Å². The Morgan fingerprint density at radius 3 is 2.55 bits per heavy atom. The van der Waals surface area contributed by atoms with Gasteiger partial charge in [-0.25, -0.2) is 9.18 Å². The normalized spacial score (nSPS) is 27.4. The molecule has 1 N–H and O–H groups in total. The second-order valence-corrected chi connectivity index (χ2v) is 5.25. The van der Waals surface area contributed by atoms with Gasteiger partial charge in [-0.15, -0.1) is 11.8 Å². The summed E-state index contributed by atoms with van der Waals surface area (Å²) in [5.74, 6) is 8.20. The standard InChI is InChI=1S/C15H22FNO3/c16-7-9-19-10-8-17-15(18)20-11-14-12-5-3-1-2-4-6-13(12)14/h12-14H,3-11H2,(H,17,18)/t12-,13+,14?/i16-1. The number of carbonyl (C=O) groups excluding carboxylic acids is 1. The van der Waals surface area contributed by atoms with Gasteiger partial charge in [-0.2, -0.15) is 0 Å². The maximum atomic E-state index is 11.8. The van der Waals surface area contributed by atoms with Crippen LogP contribution in [0.4, 0.5) is 9.18 Å². The third-order valence-electron chi connectivity index (χ3n) is 3.98. The molecular formula is C15H22FNO3. The SMILES string of the molecule is O=C(NCCOCC[18F])OCC1[C@H]2CCC#CCC[C@@H]12. The lowest BCUT2D eigenvalue weighted by Gasteiger charge is -2.07. The van der Waals surface area contributed by atoms with Gasteiger partial charge in [0, 0.05) is 19.4 Å². The van der Waals surface area contributed by atoms with Crippen LogP contribution in [-0.2, 0) is 9.47 Å². The van der Waals surface area contributed by atoms with Crippen molar-refractivity contribution in [3.8, 4) is 11.8 Å². The van der Waals surface area contributed by atoms with Gasteiger partial charge in [-0.05, 0) is 30.6 Å². The summed E-state index contributed by atoms with van der Waals surface area (Å²) in [6.45, 7) is 0.727. The van der Waals surface area contributed by atoms with Crippen LogP contribution in [0.5, 0.6) is 0 Å². The number of ether oxygens (including phenoxy) is 2. The molecule has 1 fully saturated rings. The van der Waals surface area contributed by atoms with E-state index in [0.717, 1.165) is 25.7 Å². The van der Waals surface area contributed by atoms with Crippen molar-refractivity contribution in [1.82, 2.24) is 5.32 Å². The molecule has 2 rings (SSSR count). The molecule has 5 heteroatoms. The van der Waals surface area contributed by atoms with E-state index in [1.807, 2.05) is 0 Å². The van der Waals surface area contributed by atoms with Gasteiger partial charge in [0.25, 0.3) is 0 Å². The summed E-state index contributed by atoms with van der Waals surface area (Å²) < 4.78 is 21.9. The molecule has 2 aliphatic rings. The summed E-state index contributed by atoms with van der Waals surface area (Å²) >= 11 is 0. The largest absolute Gasteiger partial charge is 0.449 e. The number of hydrogen-bond acceptors (Lipinski definition) is 3. The maximum absolute atomic E-state index is 11.8. The van der Waals surface area contributed by atoms with Gasteiger partial charge in [0.1, 0.15) is 6.67 Å². The van der Waals surface area contributed by atoms with Crippen molar-refractivity contribution in [3.05, 3.63) is 0 Å². The van der Waals surface area contributed by atoms with Crippen LogP contribution in [0.15, 0.2) is 0 Å². The second kappa shape index (κ2) is 8.11. The van der Waals surface area contributed by atoms with Crippen molar-refractivity contribution in [2.75, 3.05) is 33.0 Å². The fourth-order valence-corrected chi connectivity index (χ4v) is 2.89. The summed E-state index contributed by atoms with van der Waals surface area (Å²) in [6.07, 6.45) is 3.78. The summed E-state index contributed by atoms with van der Waals surface area (Å²) in [5, 5.41) is 2.60. The van der Waals surface area contributed by atoms with E-state index < -0.39 is 12.8 Å². The molecular weight excluding hydrogens is 260 g/mol. The van der Waals surface area contributed by atoms with Crippen molar-refractivity contribution < 1.29 is 18.7 Å². The predicted molar refractivity (Wildman–Crippen MR) is 72.9 cm³/mol. The Bertz CT molecular complexity index is 359. The van der Waals surface area contributed by atoms with Crippen molar-refractivity contribution in [2.24, 2.45) is 17.8 Å². The Kier molecular flexibility index (Phi) is 6.13. The molecule has 0 aliphatic heterocycles. The molecule has 20 heavy (non-hydrogen) atoms. The predicted octanol–water partition coefficient (Wildman–Crippen LogP) is 2.14. The van der Waals surface area contributed by atoms with Gasteiger partial charge in [-0.1, -0.05) is 0 Å². The van der Waals surface area contributed by atoms with Crippen LogP contribution in [0.2, 0.25) is 0 Å². The van der Waals surface area contributed by atoms with Crippen LogP contribution >= 0.6 is 0 Å². The molecule has 0 heterocycles. The van der Waals surface area contributed by atoms with E-state index in [0.29, 0.717) is 37.5 Å².